The van der Waals surface area contributed by atoms with Gasteiger partial charge in [-0.15, -0.1) is 12.4 Å². The van der Waals surface area contributed by atoms with Gasteiger partial charge < -0.3 is 20.6 Å². The van der Waals surface area contributed by atoms with Gasteiger partial charge in [-0.1, -0.05) is 23.7 Å². The van der Waals surface area contributed by atoms with Gasteiger partial charge in [-0.2, -0.15) is 0 Å². The molecule has 0 radical (unpaired) electrons. The second-order valence-corrected chi connectivity index (χ2v) is 6.34. The van der Waals surface area contributed by atoms with E-state index in [1.54, 1.807) is 12.1 Å². The van der Waals surface area contributed by atoms with Crippen molar-refractivity contribution in [2.24, 2.45) is 4.99 Å². The number of nitrogens with zero attached hydrogens (tertiary/aromatic N) is 2. The van der Waals surface area contributed by atoms with Crippen molar-refractivity contribution in [2.45, 2.75) is 0 Å². The highest BCUT2D eigenvalue weighted by Crippen LogP contribution is 2.19. The number of nitrogens with one attached hydrogen (secondary N) is 2. The van der Waals surface area contributed by atoms with Crippen molar-refractivity contribution < 1.29 is 14.7 Å². The summed E-state index contributed by atoms with van der Waals surface area (Å²) in [5, 5.41) is 15.0. The number of amidine groups is 1. The number of carbonyl (C=O) groups excluding carboxylic acids is 1. The van der Waals surface area contributed by atoms with Gasteiger partial charge in [0.1, 0.15) is 5.84 Å². The van der Waals surface area contributed by atoms with Crippen LogP contribution in [0.3, 0.4) is 0 Å². The Morgan fingerprint density at radius 2 is 1.86 bits per heavy atom. The number of carboxylic acids is 1. The molecule has 1 heterocycles. The van der Waals surface area contributed by atoms with Crippen LogP contribution in [0.1, 0.15) is 15.9 Å². The van der Waals surface area contributed by atoms with Crippen molar-refractivity contribution in [1.82, 2.24) is 10.2 Å². The Balaban J connectivity index is 0.00000280. The van der Waals surface area contributed by atoms with Crippen LogP contribution >= 0.6 is 24.0 Å². The smallest absolute Gasteiger partial charge is 0.335 e. The standard InChI is InChI=1S/C19H19ClN4O3.ClH/c20-16-4-2-1-3-15(16)17-21-9-11-24(17)12-10-22-19(27)23-14-7-5-13(6-8-14)18(25)26;/h1-8H,9-12H2,(H,25,26)(H2,22,23,27);1H. The molecule has 7 nitrogen and oxygen atoms in total. The highest BCUT2D eigenvalue weighted by Gasteiger charge is 2.20. The van der Waals surface area contributed by atoms with Crippen molar-refractivity contribution in [1.29, 1.82) is 0 Å². The fourth-order valence-corrected chi connectivity index (χ4v) is 2.99. The zero-order valence-corrected chi connectivity index (χ0v) is 16.5. The number of rotatable bonds is 6. The Hall–Kier alpha value is -2.77. The van der Waals surface area contributed by atoms with E-state index in [1.165, 1.54) is 12.1 Å². The molecular weight excluding hydrogens is 403 g/mol. The van der Waals surface area contributed by atoms with Crippen LogP contribution in [0.5, 0.6) is 0 Å². The number of aliphatic imine (C=N–C) groups is 1. The van der Waals surface area contributed by atoms with E-state index in [4.69, 9.17) is 16.7 Å². The summed E-state index contributed by atoms with van der Waals surface area (Å²) < 4.78 is 0. The number of anilines is 1. The summed E-state index contributed by atoms with van der Waals surface area (Å²) in [6, 6.07) is 13.2. The van der Waals surface area contributed by atoms with Gasteiger partial charge in [-0.25, -0.2) is 9.59 Å². The maximum atomic E-state index is 12.0. The number of carboxylic acid groups (broad SMARTS) is 1. The van der Waals surface area contributed by atoms with Gasteiger partial charge in [0.05, 0.1) is 17.1 Å². The minimum absolute atomic E-state index is 0. The highest BCUT2D eigenvalue weighted by atomic mass is 35.5. The molecule has 0 aromatic heterocycles. The van der Waals surface area contributed by atoms with Crippen molar-refractivity contribution in [3.8, 4) is 0 Å². The SMILES string of the molecule is Cl.O=C(NCCN1CCN=C1c1ccccc1Cl)Nc1ccc(C(=O)O)cc1. The summed E-state index contributed by atoms with van der Waals surface area (Å²) >= 11 is 6.25. The maximum Gasteiger partial charge on any atom is 0.335 e. The normalized spacial score (nSPS) is 12.8. The van der Waals surface area contributed by atoms with Gasteiger partial charge in [0.25, 0.3) is 0 Å². The fraction of sp³-hybridized carbons (Fsp3) is 0.211. The van der Waals surface area contributed by atoms with E-state index in [9.17, 15) is 9.59 Å². The topological polar surface area (TPSA) is 94.0 Å². The summed E-state index contributed by atoms with van der Waals surface area (Å²) in [5.41, 5.74) is 1.58. The molecule has 0 saturated carbocycles. The second kappa shape index (κ2) is 9.96. The van der Waals surface area contributed by atoms with E-state index in [2.05, 4.69) is 20.5 Å². The average Bonchev–Trinajstić information content (AvgIpc) is 3.11. The van der Waals surface area contributed by atoms with E-state index in [1.807, 2.05) is 24.3 Å². The lowest BCUT2D eigenvalue weighted by molar-refractivity contribution is 0.0697. The van der Waals surface area contributed by atoms with Gasteiger partial charge in [0, 0.05) is 30.9 Å². The summed E-state index contributed by atoms with van der Waals surface area (Å²) in [6.45, 7) is 2.52. The van der Waals surface area contributed by atoms with Crippen LogP contribution in [0.25, 0.3) is 0 Å². The minimum Gasteiger partial charge on any atom is -0.478 e. The molecule has 2 aromatic rings. The van der Waals surface area contributed by atoms with E-state index in [-0.39, 0.29) is 24.0 Å². The number of carbonyl (C=O) groups is 2. The number of amides is 2. The molecule has 0 unspecified atom stereocenters. The van der Waals surface area contributed by atoms with Crippen molar-refractivity contribution in [2.75, 3.05) is 31.5 Å². The molecule has 28 heavy (non-hydrogen) atoms. The van der Waals surface area contributed by atoms with Crippen molar-refractivity contribution >= 4 is 47.5 Å². The van der Waals surface area contributed by atoms with Crippen LogP contribution in [-0.4, -0.2) is 54.0 Å². The Morgan fingerprint density at radius 3 is 2.54 bits per heavy atom. The van der Waals surface area contributed by atoms with E-state index in [0.29, 0.717) is 30.3 Å². The molecule has 2 aromatic carbocycles. The van der Waals surface area contributed by atoms with Crippen LogP contribution in [0.4, 0.5) is 10.5 Å². The number of hydrogen-bond acceptors (Lipinski definition) is 4. The number of benzene rings is 2. The summed E-state index contributed by atoms with van der Waals surface area (Å²) in [7, 11) is 0. The first-order valence-corrected chi connectivity index (χ1v) is 8.85. The Labute approximate surface area is 173 Å². The molecule has 148 valence electrons. The Bertz CT molecular complexity index is 872. The molecule has 3 N–H and O–H groups in total. The lowest BCUT2D eigenvalue weighted by Crippen LogP contribution is -2.38. The van der Waals surface area contributed by atoms with Crippen LogP contribution < -0.4 is 10.6 Å². The third-order valence-electron chi connectivity index (χ3n) is 4.10. The number of aromatic carboxylic acids is 1. The molecule has 0 aliphatic carbocycles. The molecular formula is C19H20Cl2N4O3. The van der Waals surface area contributed by atoms with Crippen LogP contribution in [0, 0.1) is 0 Å². The molecule has 2 amide bonds. The predicted molar refractivity (Wildman–Crippen MR) is 112 cm³/mol. The van der Waals surface area contributed by atoms with Gasteiger partial charge in [0.2, 0.25) is 0 Å². The Kier molecular flexibility index (Phi) is 7.66. The molecule has 1 aliphatic rings. The number of urea groups is 1. The molecule has 0 fully saturated rings. The largest absolute Gasteiger partial charge is 0.478 e. The molecule has 1 aliphatic heterocycles. The second-order valence-electron chi connectivity index (χ2n) is 5.94. The maximum absolute atomic E-state index is 12.0. The molecule has 0 atom stereocenters. The number of hydrogen-bond donors (Lipinski definition) is 3. The van der Waals surface area contributed by atoms with Crippen molar-refractivity contribution in [3.05, 3.63) is 64.7 Å². The van der Waals surface area contributed by atoms with Crippen LogP contribution in [-0.2, 0) is 0 Å². The lowest BCUT2D eigenvalue weighted by Gasteiger charge is -2.21. The molecule has 9 heteroatoms. The summed E-state index contributed by atoms with van der Waals surface area (Å²) in [5.74, 6) is -0.167. The van der Waals surface area contributed by atoms with E-state index < -0.39 is 5.97 Å². The Morgan fingerprint density at radius 1 is 1.14 bits per heavy atom. The van der Waals surface area contributed by atoms with Gasteiger partial charge in [-0.05, 0) is 36.4 Å². The zero-order valence-electron chi connectivity index (χ0n) is 14.9. The minimum atomic E-state index is -1.01. The first-order chi connectivity index (χ1) is 13.0. The van der Waals surface area contributed by atoms with E-state index in [0.717, 1.165) is 17.9 Å². The quantitative estimate of drug-likeness (QED) is 0.665. The average molecular weight is 423 g/mol. The zero-order chi connectivity index (χ0) is 19.2. The highest BCUT2D eigenvalue weighted by molar-refractivity contribution is 6.34. The fourth-order valence-electron chi connectivity index (χ4n) is 2.77. The predicted octanol–water partition coefficient (Wildman–Crippen LogP) is 3.34. The third kappa shape index (κ3) is 5.37. The monoisotopic (exact) mass is 422 g/mol. The van der Waals surface area contributed by atoms with Gasteiger partial charge >= 0.3 is 12.0 Å². The van der Waals surface area contributed by atoms with Gasteiger partial charge in [-0.3, -0.25) is 4.99 Å². The van der Waals surface area contributed by atoms with E-state index >= 15 is 0 Å². The summed E-state index contributed by atoms with van der Waals surface area (Å²) in [6.07, 6.45) is 0. The van der Waals surface area contributed by atoms with Crippen LogP contribution in [0.2, 0.25) is 5.02 Å². The molecule has 3 rings (SSSR count). The van der Waals surface area contributed by atoms with Crippen LogP contribution in [0.15, 0.2) is 53.5 Å². The summed E-state index contributed by atoms with van der Waals surface area (Å²) in [4.78, 5) is 29.4. The van der Waals surface area contributed by atoms with Gasteiger partial charge in [0.15, 0.2) is 0 Å². The number of halogens is 2. The third-order valence-corrected chi connectivity index (χ3v) is 4.43. The lowest BCUT2D eigenvalue weighted by atomic mass is 10.2. The first-order valence-electron chi connectivity index (χ1n) is 8.47. The molecule has 0 bridgehead atoms. The first kappa shape index (κ1) is 21.5. The van der Waals surface area contributed by atoms with Crippen molar-refractivity contribution in [3.63, 3.8) is 0 Å². The molecule has 0 spiro atoms. The molecule has 0 saturated heterocycles.